The maximum absolute atomic E-state index is 12.4. The van der Waals surface area contributed by atoms with Crippen molar-refractivity contribution >= 4 is 5.91 Å². The van der Waals surface area contributed by atoms with Crippen LogP contribution in [0.25, 0.3) is 0 Å². The number of carbonyl (C=O) groups is 1. The van der Waals surface area contributed by atoms with Crippen LogP contribution in [0, 0.1) is 0 Å². The molecule has 2 heterocycles. The second kappa shape index (κ2) is 5.58. The van der Waals surface area contributed by atoms with Gasteiger partial charge in [0.15, 0.2) is 0 Å². The molecule has 0 spiro atoms. The van der Waals surface area contributed by atoms with Crippen molar-refractivity contribution in [1.29, 1.82) is 0 Å². The number of hydrogen-bond acceptors (Lipinski definition) is 2. The van der Waals surface area contributed by atoms with Crippen molar-refractivity contribution in [3.05, 3.63) is 70.8 Å². The van der Waals surface area contributed by atoms with Gasteiger partial charge in [0.25, 0.3) is 5.91 Å². The highest BCUT2D eigenvalue weighted by Crippen LogP contribution is 2.23. The molecule has 4 rings (SSSR count). The molecule has 0 aromatic heterocycles. The highest BCUT2D eigenvalue weighted by molar-refractivity contribution is 5.98. The van der Waals surface area contributed by atoms with Gasteiger partial charge in [-0.3, -0.25) is 9.69 Å². The smallest absolute Gasteiger partial charge is 0.254 e. The van der Waals surface area contributed by atoms with Crippen LogP contribution in [-0.2, 0) is 19.5 Å². The van der Waals surface area contributed by atoms with E-state index in [9.17, 15) is 4.79 Å². The Balaban J connectivity index is 1.38. The second-order valence-corrected chi connectivity index (χ2v) is 6.18. The number of hydrogen-bond donors (Lipinski definition) is 0. The van der Waals surface area contributed by atoms with Crippen LogP contribution in [0.4, 0.5) is 0 Å². The molecule has 2 aromatic carbocycles. The van der Waals surface area contributed by atoms with Crippen LogP contribution in [0.1, 0.15) is 27.0 Å². The fourth-order valence-corrected chi connectivity index (χ4v) is 3.50. The first-order valence-electron chi connectivity index (χ1n) is 7.97. The lowest BCUT2D eigenvalue weighted by molar-refractivity contribution is 0.0755. The molecule has 2 aromatic rings. The van der Waals surface area contributed by atoms with Gasteiger partial charge in [0.2, 0.25) is 0 Å². The standard InChI is InChI=1S/C19H20N2O/c22-19-18-8-4-3-7-17(18)14-21(19)12-11-20-10-9-15-5-1-2-6-16(15)13-20/h1-8H,9-14H2. The predicted octanol–water partition coefficient (Wildman–Crippen LogP) is 2.70. The zero-order valence-electron chi connectivity index (χ0n) is 12.7. The van der Waals surface area contributed by atoms with Crippen LogP contribution < -0.4 is 0 Å². The molecule has 2 aliphatic rings. The van der Waals surface area contributed by atoms with Crippen LogP contribution in [0.3, 0.4) is 0 Å². The number of rotatable bonds is 3. The summed E-state index contributed by atoms with van der Waals surface area (Å²) in [6, 6.07) is 16.6. The molecule has 0 saturated heterocycles. The van der Waals surface area contributed by atoms with Crippen LogP contribution in [0.5, 0.6) is 0 Å². The molecule has 0 bridgehead atoms. The Hall–Kier alpha value is -2.13. The Morgan fingerprint density at radius 3 is 2.36 bits per heavy atom. The summed E-state index contributed by atoms with van der Waals surface area (Å²) in [6.07, 6.45) is 1.12. The fourth-order valence-electron chi connectivity index (χ4n) is 3.50. The summed E-state index contributed by atoms with van der Waals surface area (Å²) < 4.78 is 0. The number of amides is 1. The molecule has 0 atom stereocenters. The lowest BCUT2D eigenvalue weighted by atomic mass is 10.00. The first-order valence-corrected chi connectivity index (χ1v) is 7.97. The van der Waals surface area contributed by atoms with Crippen molar-refractivity contribution in [1.82, 2.24) is 9.80 Å². The summed E-state index contributed by atoms with van der Waals surface area (Å²) in [7, 11) is 0. The van der Waals surface area contributed by atoms with Gasteiger partial charge in [0.1, 0.15) is 0 Å². The predicted molar refractivity (Wildman–Crippen MR) is 86.6 cm³/mol. The molecule has 2 aliphatic heterocycles. The number of benzene rings is 2. The van der Waals surface area contributed by atoms with Gasteiger partial charge >= 0.3 is 0 Å². The van der Waals surface area contributed by atoms with Crippen molar-refractivity contribution in [3.63, 3.8) is 0 Å². The highest BCUT2D eigenvalue weighted by Gasteiger charge is 2.27. The van der Waals surface area contributed by atoms with Crippen LogP contribution in [-0.4, -0.2) is 35.3 Å². The summed E-state index contributed by atoms with van der Waals surface area (Å²) in [6.45, 7) is 4.63. The molecule has 0 aliphatic carbocycles. The third kappa shape index (κ3) is 2.42. The van der Waals surface area contributed by atoms with E-state index in [1.54, 1.807) is 0 Å². The van der Waals surface area contributed by atoms with Gasteiger partial charge < -0.3 is 4.90 Å². The Morgan fingerprint density at radius 2 is 1.55 bits per heavy atom. The molecule has 22 heavy (non-hydrogen) atoms. The lowest BCUT2D eigenvalue weighted by Gasteiger charge is -2.30. The molecule has 3 nitrogen and oxygen atoms in total. The largest absolute Gasteiger partial charge is 0.333 e. The molecular formula is C19H20N2O. The molecular weight excluding hydrogens is 272 g/mol. The third-order valence-corrected chi connectivity index (χ3v) is 4.79. The third-order valence-electron chi connectivity index (χ3n) is 4.79. The average Bonchev–Trinajstić information content (AvgIpc) is 2.89. The van der Waals surface area contributed by atoms with E-state index in [1.165, 1.54) is 11.1 Å². The molecule has 0 N–H and O–H groups in total. The molecule has 0 fully saturated rings. The number of carbonyl (C=O) groups excluding carboxylic acids is 1. The number of nitrogens with zero attached hydrogens (tertiary/aromatic N) is 2. The molecule has 3 heteroatoms. The van der Waals surface area contributed by atoms with Crippen molar-refractivity contribution in [2.75, 3.05) is 19.6 Å². The van der Waals surface area contributed by atoms with Gasteiger partial charge in [-0.15, -0.1) is 0 Å². The van der Waals surface area contributed by atoms with Crippen molar-refractivity contribution < 1.29 is 4.79 Å². The quantitative estimate of drug-likeness (QED) is 0.868. The van der Waals surface area contributed by atoms with Crippen molar-refractivity contribution in [2.45, 2.75) is 19.5 Å². The lowest BCUT2D eigenvalue weighted by Crippen LogP contribution is -2.38. The minimum absolute atomic E-state index is 0.188. The van der Waals surface area contributed by atoms with E-state index in [4.69, 9.17) is 0 Å². The molecule has 112 valence electrons. The first-order chi connectivity index (χ1) is 10.8. The molecule has 0 radical (unpaired) electrons. The summed E-state index contributed by atoms with van der Waals surface area (Å²) in [5.74, 6) is 0.188. The van der Waals surface area contributed by atoms with Crippen LogP contribution >= 0.6 is 0 Å². The Labute approximate surface area is 131 Å². The van der Waals surface area contributed by atoms with Crippen LogP contribution in [0.2, 0.25) is 0 Å². The van der Waals surface area contributed by atoms with E-state index in [0.717, 1.165) is 50.3 Å². The van der Waals surface area contributed by atoms with E-state index in [1.807, 2.05) is 23.1 Å². The van der Waals surface area contributed by atoms with E-state index in [2.05, 4.69) is 35.2 Å². The van der Waals surface area contributed by atoms with Gasteiger partial charge in [-0.1, -0.05) is 42.5 Å². The van der Waals surface area contributed by atoms with Crippen LogP contribution in [0.15, 0.2) is 48.5 Å². The van der Waals surface area contributed by atoms with Gasteiger partial charge in [-0.2, -0.15) is 0 Å². The van der Waals surface area contributed by atoms with Gasteiger partial charge in [0, 0.05) is 38.3 Å². The fraction of sp³-hybridized carbons (Fsp3) is 0.316. The topological polar surface area (TPSA) is 23.6 Å². The summed E-state index contributed by atoms with van der Waals surface area (Å²) in [4.78, 5) is 16.8. The van der Waals surface area contributed by atoms with Gasteiger partial charge in [0.05, 0.1) is 0 Å². The minimum Gasteiger partial charge on any atom is -0.333 e. The normalized spacial score (nSPS) is 17.5. The van der Waals surface area contributed by atoms with E-state index >= 15 is 0 Å². The van der Waals surface area contributed by atoms with E-state index in [-0.39, 0.29) is 5.91 Å². The zero-order chi connectivity index (χ0) is 14.9. The molecule has 0 unspecified atom stereocenters. The van der Waals surface area contributed by atoms with Crippen molar-refractivity contribution in [2.24, 2.45) is 0 Å². The first kappa shape index (κ1) is 13.5. The SMILES string of the molecule is O=C1c2ccccc2CN1CCN1CCc2ccccc2C1. The monoisotopic (exact) mass is 292 g/mol. The molecule has 1 amide bonds. The highest BCUT2D eigenvalue weighted by atomic mass is 16.2. The summed E-state index contributed by atoms with van der Waals surface area (Å²) in [5.41, 5.74) is 4.95. The van der Waals surface area contributed by atoms with E-state index < -0.39 is 0 Å². The Morgan fingerprint density at radius 1 is 0.818 bits per heavy atom. The summed E-state index contributed by atoms with van der Waals surface area (Å²) >= 11 is 0. The Bertz CT molecular complexity index is 710. The summed E-state index contributed by atoms with van der Waals surface area (Å²) in [5, 5.41) is 0. The maximum atomic E-state index is 12.4. The number of fused-ring (bicyclic) bond motifs is 2. The Kier molecular flexibility index (Phi) is 3.43. The van der Waals surface area contributed by atoms with Gasteiger partial charge in [-0.25, -0.2) is 0 Å². The molecule has 0 saturated carbocycles. The zero-order valence-corrected chi connectivity index (χ0v) is 12.7. The average molecular weight is 292 g/mol. The second-order valence-electron chi connectivity index (χ2n) is 6.18. The van der Waals surface area contributed by atoms with Gasteiger partial charge in [-0.05, 0) is 29.2 Å². The minimum atomic E-state index is 0.188. The van der Waals surface area contributed by atoms with E-state index in [0.29, 0.717) is 0 Å². The van der Waals surface area contributed by atoms with Crippen molar-refractivity contribution in [3.8, 4) is 0 Å². The maximum Gasteiger partial charge on any atom is 0.254 e.